The van der Waals surface area contributed by atoms with Crippen molar-refractivity contribution in [1.82, 2.24) is 5.32 Å². The van der Waals surface area contributed by atoms with Crippen LogP contribution in [0.3, 0.4) is 0 Å². The van der Waals surface area contributed by atoms with Gasteiger partial charge in [0.25, 0.3) is 0 Å². The maximum Gasteiger partial charge on any atom is 0.176 e. The molecule has 0 atom stereocenters. The number of nitrogens with two attached hydrogens (primary N) is 1. The van der Waals surface area contributed by atoms with E-state index >= 15 is 0 Å². The first kappa shape index (κ1) is 15.1. The molecule has 0 spiro atoms. The molecule has 3 N–H and O–H groups in total. The van der Waals surface area contributed by atoms with Gasteiger partial charge < -0.3 is 15.8 Å². The van der Waals surface area contributed by atoms with E-state index in [0.29, 0.717) is 23.5 Å². The number of Topliss-reactive ketones (excluding diaryl/α,β-unsaturated/α-hetero) is 1. The van der Waals surface area contributed by atoms with Crippen molar-refractivity contribution in [1.29, 1.82) is 0 Å². The Hall–Kier alpha value is -2.33. The molecule has 2 rings (SSSR count). The monoisotopic (exact) mass is 284 g/mol. The summed E-state index contributed by atoms with van der Waals surface area (Å²) in [4.78, 5) is 12.0. The fraction of sp³-hybridized carbons (Fsp3) is 0.235. The molecule has 110 valence electrons. The van der Waals surface area contributed by atoms with Crippen LogP contribution in [0, 0.1) is 0 Å². The Morgan fingerprint density at radius 1 is 1.19 bits per heavy atom. The molecule has 0 aliphatic carbocycles. The normalized spacial score (nSPS) is 10.3. The van der Waals surface area contributed by atoms with Gasteiger partial charge in [-0.05, 0) is 36.7 Å². The van der Waals surface area contributed by atoms with Gasteiger partial charge in [0, 0.05) is 5.56 Å². The molecule has 0 radical (unpaired) electrons. The molecule has 0 saturated heterocycles. The lowest BCUT2D eigenvalue weighted by atomic mass is 10.1. The third-order valence-electron chi connectivity index (χ3n) is 3.27. The highest BCUT2D eigenvalue weighted by molar-refractivity contribution is 5.98. The summed E-state index contributed by atoms with van der Waals surface area (Å²) in [5, 5.41) is 3.16. The lowest BCUT2D eigenvalue weighted by Crippen LogP contribution is -2.25. The minimum atomic E-state index is 0.0254. The van der Waals surface area contributed by atoms with Gasteiger partial charge in [-0.25, -0.2) is 0 Å². The molecule has 0 amide bonds. The summed E-state index contributed by atoms with van der Waals surface area (Å²) in [7, 11) is 1.55. The van der Waals surface area contributed by atoms with Crippen LogP contribution in [-0.4, -0.2) is 26.0 Å². The molecule has 0 bridgehead atoms. The lowest BCUT2D eigenvalue weighted by molar-refractivity contribution is 0.0991. The van der Waals surface area contributed by atoms with E-state index in [1.54, 1.807) is 25.3 Å². The summed E-state index contributed by atoms with van der Waals surface area (Å²) in [6.45, 7) is 1.07. The number of hydrogen-bond donors (Lipinski definition) is 2. The van der Waals surface area contributed by atoms with Crippen LogP contribution < -0.4 is 15.8 Å². The molecule has 21 heavy (non-hydrogen) atoms. The van der Waals surface area contributed by atoms with E-state index in [1.165, 1.54) is 5.56 Å². The van der Waals surface area contributed by atoms with Gasteiger partial charge in [-0.1, -0.05) is 30.3 Å². The molecular formula is C17H20N2O2. The van der Waals surface area contributed by atoms with Crippen molar-refractivity contribution in [2.24, 2.45) is 0 Å². The van der Waals surface area contributed by atoms with Crippen molar-refractivity contribution in [3.63, 3.8) is 0 Å². The van der Waals surface area contributed by atoms with Crippen LogP contribution in [0.5, 0.6) is 5.75 Å². The van der Waals surface area contributed by atoms with Crippen LogP contribution in [0.2, 0.25) is 0 Å². The molecule has 0 aliphatic rings. The van der Waals surface area contributed by atoms with Crippen LogP contribution in [0.25, 0.3) is 0 Å². The molecule has 2 aromatic carbocycles. The SMILES string of the molecule is COc1ccc(C(=O)CNCCc2ccccc2)cc1N. The predicted octanol–water partition coefficient (Wildman–Crippen LogP) is 2.29. The number of ketones is 1. The molecule has 0 aromatic heterocycles. The smallest absolute Gasteiger partial charge is 0.176 e. The largest absolute Gasteiger partial charge is 0.495 e. The van der Waals surface area contributed by atoms with E-state index < -0.39 is 0 Å². The Morgan fingerprint density at radius 2 is 1.95 bits per heavy atom. The van der Waals surface area contributed by atoms with Gasteiger partial charge in [-0.3, -0.25) is 4.79 Å². The average Bonchev–Trinajstić information content (AvgIpc) is 2.52. The Labute approximate surface area is 124 Å². The van der Waals surface area contributed by atoms with E-state index in [0.717, 1.165) is 13.0 Å². The fourth-order valence-corrected chi connectivity index (χ4v) is 2.09. The number of nitrogens with one attached hydrogen (secondary N) is 1. The van der Waals surface area contributed by atoms with Crippen LogP contribution in [-0.2, 0) is 6.42 Å². The zero-order valence-electron chi connectivity index (χ0n) is 12.1. The number of carbonyl (C=O) groups excluding carboxylic acids is 1. The summed E-state index contributed by atoms with van der Waals surface area (Å²) >= 11 is 0. The molecule has 2 aromatic rings. The van der Waals surface area contributed by atoms with E-state index in [1.807, 2.05) is 18.2 Å². The van der Waals surface area contributed by atoms with Crippen LogP contribution in [0.4, 0.5) is 5.69 Å². The van der Waals surface area contributed by atoms with Gasteiger partial charge in [0.15, 0.2) is 5.78 Å². The molecule has 4 nitrogen and oxygen atoms in total. The summed E-state index contributed by atoms with van der Waals surface area (Å²) in [5.41, 5.74) is 8.14. The van der Waals surface area contributed by atoms with E-state index in [4.69, 9.17) is 10.5 Å². The molecular weight excluding hydrogens is 264 g/mol. The highest BCUT2D eigenvalue weighted by atomic mass is 16.5. The van der Waals surface area contributed by atoms with Crippen LogP contribution in [0.15, 0.2) is 48.5 Å². The predicted molar refractivity (Wildman–Crippen MR) is 84.8 cm³/mol. The number of carbonyl (C=O) groups is 1. The van der Waals surface area contributed by atoms with E-state index in [-0.39, 0.29) is 5.78 Å². The van der Waals surface area contributed by atoms with Gasteiger partial charge in [-0.15, -0.1) is 0 Å². The van der Waals surface area contributed by atoms with E-state index in [2.05, 4.69) is 17.4 Å². The number of hydrogen-bond acceptors (Lipinski definition) is 4. The quantitative estimate of drug-likeness (QED) is 0.465. The standard InChI is InChI=1S/C17H20N2O2/c1-21-17-8-7-14(11-15(17)18)16(20)12-19-10-9-13-5-3-2-4-6-13/h2-8,11,19H,9-10,12,18H2,1H3. The zero-order chi connectivity index (χ0) is 15.1. The molecule has 0 saturated carbocycles. The highest BCUT2D eigenvalue weighted by Crippen LogP contribution is 2.21. The molecule has 0 fully saturated rings. The van der Waals surface area contributed by atoms with Crippen LogP contribution in [0.1, 0.15) is 15.9 Å². The molecule has 0 heterocycles. The topological polar surface area (TPSA) is 64.3 Å². The molecule has 4 heteroatoms. The van der Waals surface area contributed by atoms with Crippen molar-refractivity contribution in [2.75, 3.05) is 25.9 Å². The number of anilines is 1. The minimum absolute atomic E-state index is 0.0254. The zero-order valence-corrected chi connectivity index (χ0v) is 12.1. The van der Waals surface area contributed by atoms with Gasteiger partial charge in [-0.2, -0.15) is 0 Å². The summed E-state index contributed by atoms with van der Waals surface area (Å²) in [6.07, 6.45) is 0.902. The average molecular weight is 284 g/mol. The van der Waals surface area contributed by atoms with Crippen molar-refractivity contribution in [2.45, 2.75) is 6.42 Å². The number of rotatable bonds is 7. The maximum absolute atomic E-state index is 12.0. The minimum Gasteiger partial charge on any atom is -0.495 e. The Bertz CT molecular complexity index is 597. The first-order valence-electron chi connectivity index (χ1n) is 6.92. The van der Waals surface area contributed by atoms with Gasteiger partial charge in [0.2, 0.25) is 0 Å². The Morgan fingerprint density at radius 3 is 2.62 bits per heavy atom. The highest BCUT2D eigenvalue weighted by Gasteiger charge is 2.08. The van der Waals surface area contributed by atoms with Crippen molar-refractivity contribution < 1.29 is 9.53 Å². The number of methoxy groups -OCH3 is 1. The summed E-state index contributed by atoms with van der Waals surface area (Å²) in [5.74, 6) is 0.612. The van der Waals surface area contributed by atoms with E-state index in [9.17, 15) is 4.79 Å². The van der Waals surface area contributed by atoms with Crippen molar-refractivity contribution in [3.8, 4) is 5.75 Å². The van der Waals surface area contributed by atoms with Crippen molar-refractivity contribution in [3.05, 3.63) is 59.7 Å². The second-order valence-corrected chi connectivity index (χ2v) is 4.79. The second kappa shape index (κ2) is 7.45. The van der Waals surface area contributed by atoms with Crippen LogP contribution >= 0.6 is 0 Å². The fourth-order valence-electron chi connectivity index (χ4n) is 2.09. The van der Waals surface area contributed by atoms with Gasteiger partial charge in [0.05, 0.1) is 19.3 Å². The number of nitrogen functional groups attached to an aromatic ring is 1. The Kier molecular flexibility index (Phi) is 5.35. The third-order valence-corrected chi connectivity index (χ3v) is 3.27. The number of benzene rings is 2. The third kappa shape index (κ3) is 4.33. The lowest BCUT2D eigenvalue weighted by Gasteiger charge is -2.07. The molecule has 0 unspecified atom stereocenters. The first-order valence-corrected chi connectivity index (χ1v) is 6.92. The van der Waals surface area contributed by atoms with Gasteiger partial charge >= 0.3 is 0 Å². The Balaban J connectivity index is 1.80. The summed E-state index contributed by atoms with van der Waals surface area (Å²) in [6, 6.07) is 15.3. The van der Waals surface area contributed by atoms with Crippen molar-refractivity contribution >= 4 is 11.5 Å². The second-order valence-electron chi connectivity index (χ2n) is 4.79. The first-order chi connectivity index (χ1) is 10.2. The molecule has 0 aliphatic heterocycles. The summed E-state index contributed by atoms with van der Waals surface area (Å²) < 4.78 is 5.08. The number of ether oxygens (including phenoxy) is 1. The maximum atomic E-state index is 12.0. The van der Waals surface area contributed by atoms with Gasteiger partial charge in [0.1, 0.15) is 5.75 Å².